The molecule has 0 heterocycles. The molecule has 3 heteroatoms. The molecule has 0 aromatic carbocycles. The first-order valence-electron chi connectivity index (χ1n) is 3.25. The molecule has 0 bridgehead atoms. The van der Waals surface area contributed by atoms with Gasteiger partial charge in [0.25, 0.3) is 0 Å². The van der Waals surface area contributed by atoms with Gasteiger partial charge in [-0.2, -0.15) is 0 Å². The number of halogens is 2. The lowest BCUT2D eigenvalue weighted by molar-refractivity contribution is 0.119. The van der Waals surface area contributed by atoms with Gasteiger partial charge in [0.05, 0.1) is 6.61 Å². The number of hydrogen-bond donors (Lipinski definition) is 0. The molecule has 60 valence electrons. The van der Waals surface area contributed by atoms with Gasteiger partial charge in [-0.1, -0.05) is 6.92 Å². The van der Waals surface area contributed by atoms with E-state index in [4.69, 9.17) is 4.74 Å². The SMILES string of the molecule is CCOCC(C)/C(F)=C/F. The summed E-state index contributed by atoms with van der Waals surface area (Å²) in [5.41, 5.74) is 0. The zero-order valence-corrected chi connectivity index (χ0v) is 6.23. The van der Waals surface area contributed by atoms with E-state index < -0.39 is 11.7 Å². The summed E-state index contributed by atoms with van der Waals surface area (Å²) in [5.74, 6) is -1.22. The Bertz CT molecular complexity index is 112. The number of ether oxygens (including phenoxy) is 1. The smallest absolute Gasteiger partial charge is 0.133 e. The highest BCUT2D eigenvalue weighted by atomic mass is 19.2. The van der Waals surface area contributed by atoms with E-state index in [0.717, 1.165) is 0 Å². The summed E-state index contributed by atoms with van der Waals surface area (Å²) >= 11 is 0. The van der Waals surface area contributed by atoms with Crippen LogP contribution in [0.5, 0.6) is 0 Å². The topological polar surface area (TPSA) is 9.23 Å². The number of hydrogen-bond acceptors (Lipinski definition) is 1. The van der Waals surface area contributed by atoms with Crippen LogP contribution in [0, 0.1) is 5.92 Å². The van der Waals surface area contributed by atoms with Crippen molar-refractivity contribution in [1.29, 1.82) is 0 Å². The highest BCUT2D eigenvalue weighted by Crippen LogP contribution is 2.11. The van der Waals surface area contributed by atoms with Crippen LogP contribution in [-0.2, 0) is 4.74 Å². The molecule has 0 spiro atoms. The van der Waals surface area contributed by atoms with Gasteiger partial charge in [0.2, 0.25) is 0 Å². The molecule has 0 aliphatic heterocycles. The third kappa shape index (κ3) is 3.56. The van der Waals surface area contributed by atoms with Crippen molar-refractivity contribution < 1.29 is 13.5 Å². The monoisotopic (exact) mass is 150 g/mol. The Kier molecular flexibility index (Phi) is 5.12. The summed E-state index contributed by atoms with van der Waals surface area (Å²) in [6, 6.07) is 0. The predicted octanol–water partition coefficient (Wildman–Crippen LogP) is 2.44. The largest absolute Gasteiger partial charge is 0.381 e. The van der Waals surface area contributed by atoms with E-state index in [0.29, 0.717) is 6.61 Å². The van der Waals surface area contributed by atoms with Gasteiger partial charge in [-0.15, -0.1) is 0 Å². The second-order valence-electron chi connectivity index (χ2n) is 2.05. The molecule has 10 heavy (non-hydrogen) atoms. The second-order valence-corrected chi connectivity index (χ2v) is 2.05. The minimum absolute atomic E-state index is 0.0241. The molecule has 0 radical (unpaired) electrons. The summed E-state index contributed by atoms with van der Waals surface area (Å²) in [5, 5.41) is 0. The lowest BCUT2D eigenvalue weighted by Crippen LogP contribution is -2.05. The van der Waals surface area contributed by atoms with Gasteiger partial charge in [0.15, 0.2) is 0 Å². The summed E-state index contributed by atoms with van der Waals surface area (Å²) in [6.45, 7) is 4.15. The van der Waals surface area contributed by atoms with E-state index in [1.807, 2.05) is 6.92 Å². The molecule has 0 saturated carbocycles. The van der Waals surface area contributed by atoms with Gasteiger partial charge in [0, 0.05) is 12.5 Å². The maximum absolute atomic E-state index is 12.3. The fourth-order valence-electron chi connectivity index (χ4n) is 0.482. The van der Waals surface area contributed by atoms with Gasteiger partial charge in [0.1, 0.15) is 12.2 Å². The molecular formula is C7H12F2O. The van der Waals surface area contributed by atoms with E-state index in [9.17, 15) is 8.78 Å². The summed E-state index contributed by atoms with van der Waals surface area (Å²) in [4.78, 5) is 0. The Morgan fingerprint density at radius 3 is 2.70 bits per heavy atom. The maximum atomic E-state index is 12.3. The molecule has 0 saturated heterocycles. The first-order chi connectivity index (χ1) is 4.72. The zero-order chi connectivity index (χ0) is 7.98. The van der Waals surface area contributed by atoms with Crippen LogP contribution in [-0.4, -0.2) is 13.2 Å². The van der Waals surface area contributed by atoms with Crippen molar-refractivity contribution in [3.8, 4) is 0 Å². The minimum Gasteiger partial charge on any atom is -0.381 e. The molecule has 1 atom stereocenters. The van der Waals surface area contributed by atoms with Gasteiger partial charge in [-0.05, 0) is 6.92 Å². The van der Waals surface area contributed by atoms with Crippen molar-refractivity contribution in [2.24, 2.45) is 5.92 Å². The summed E-state index contributed by atoms with van der Waals surface area (Å²) in [6.07, 6.45) is -0.0241. The lowest BCUT2D eigenvalue weighted by Gasteiger charge is -2.06. The van der Waals surface area contributed by atoms with E-state index in [-0.39, 0.29) is 12.9 Å². The Morgan fingerprint density at radius 2 is 2.30 bits per heavy atom. The van der Waals surface area contributed by atoms with Gasteiger partial charge < -0.3 is 4.74 Å². The average Bonchev–Trinajstić information content (AvgIpc) is 1.98. The van der Waals surface area contributed by atoms with Gasteiger partial charge in [-0.25, -0.2) is 8.78 Å². The van der Waals surface area contributed by atoms with Crippen molar-refractivity contribution in [3.05, 3.63) is 12.2 Å². The van der Waals surface area contributed by atoms with Crippen LogP contribution < -0.4 is 0 Å². The summed E-state index contributed by atoms with van der Waals surface area (Å²) in [7, 11) is 0. The van der Waals surface area contributed by atoms with Crippen LogP contribution in [0.1, 0.15) is 13.8 Å². The molecule has 0 amide bonds. The van der Waals surface area contributed by atoms with E-state index in [1.165, 1.54) is 0 Å². The Morgan fingerprint density at radius 1 is 1.70 bits per heavy atom. The first kappa shape index (κ1) is 9.56. The molecular weight excluding hydrogens is 138 g/mol. The van der Waals surface area contributed by atoms with Crippen molar-refractivity contribution in [1.82, 2.24) is 0 Å². The van der Waals surface area contributed by atoms with Crippen LogP contribution in [0.2, 0.25) is 0 Å². The van der Waals surface area contributed by atoms with Gasteiger partial charge in [-0.3, -0.25) is 0 Å². The molecule has 0 aromatic heterocycles. The van der Waals surface area contributed by atoms with Crippen LogP contribution in [0.4, 0.5) is 8.78 Å². The van der Waals surface area contributed by atoms with Crippen molar-refractivity contribution >= 4 is 0 Å². The molecule has 0 fully saturated rings. The molecule has 0 rings (SSSR count). The quantitative estimate of drug-likeness (QED) is 0.598. The van der Waals surface area contributed by atoms with Crippen LogP contribution in [0.15, 0.2) is 12.2 Å². The standard InChI is InChI=1S/C7H12F2O/c1-3-10-5-6(2)7(9)4-8/h4,6H,3,5H2,1-2H3/b7-4-. The van der Waals surface area contributed by atoms with Crippen LogP contribution >= 0.6 is 0 Å². The molecule has 0 N–H and O–H groups in total. The average molecular weight is 150 g/mol. The van der Waals surface area contributed by atoms with E-state index in [1.54, 1.807) is 6.92 Å². The lowest BCUT2D eigenvalue weighted by atomic mass is 10.2. The van der Waals surface area contributed by atoms with Gasteiger partial charge >= 0.3 is 0 Å². The molecule has 0 aliphatic carbocycles. The molecule has 0 aromatic rings. The third-order valence-electron chi connectivity index (χ3n) is 1.15. The Hall–Kier alpha value is -0.440. The fourth-order valence-corrected chi connectivity index (χ4v) is 0.482. The van der Waals surface area contributed by atoms with E-state index >= 15 is 0 Å². The third-order valence-corrected chi connectivity index (χ3v) is 1.15. The number of rotatable bonds is 4. The summed E-state index contributed by atoms with van der Waals surface area (Å²) < 4.78 is 28.6. The highest BCUT2D eigenvalue weighted by molar-refractivity contribution is 4.90. The Balaban J connectivity index is 3.51. The fraction of sp³-hybridized carbons (Fsp3) is 0.714. The minimum atomic E-state index is -0.756. The van der Waals surface area contributed by atoms with Crippen molar-refractivity contribution in [2.45, 2.75) is 13.8 Å². The normalized spacial score (nSPS) is 15.4. The van der Waals surface area contributed by atoms with Crippen LogP contribution in [0.3, 0.4) is 0 Å². The highest BCUT2D eigenvalue weighted by Gasteiger charge is 2.07. The van der Waals surface area contributed by atoms with E-state index in [2.05, 4.69) is 0 Å². The van der Waals surface area contributed by atoms with Crippen molar-refractivity contribution in [2.75, 3.05) is 13.2 Å². The first-order valence-corrected chi connectivity index (χ1v) is 3.25. The van der Waals surface area contributed by atoms with Crippen LogP contribution in [0.25, 0.3) is 0 Å². The second kappa shape index (κ2) is 5.35. The molecule has 0 aliphatic rings. The predicted molar refractivity (Wildman–Crippen MR) is 36.0 cm³/mol. The Labute approximate surface area is 59.7 Å². The zero-order valence-electron chi connectivity index (χ0n) is 6.23. The van der Waals surface area contributed by atoms with Crippen molar-refractivity contribution in [3.63, 3.8) is 0 Å². The molecule has 1 unspecified atom stereocenters. The maximum Gasteiger partial charge on any atom is 0.133 e. The molecule has 1 nitrogen and oxygen atoms in total.